The number of hydrazone groups is 1. The highest BCUT2D eigenvalue weighted by molar-refractivity contribution is 6.34. The maximum Gasteiger partial charge on any atom is 0.435 e. The molecule has 11 heteroatoms. The summed E-state index contributed by atoms with van der Waals surface area (Å²) in [4.78, 5) is 23.1. The number of hydrogen-bond donors (Lipinski definition) is 0. The van der Waals surface area contributed by atoms with Crippen LogP contribution in [0.2, 0.25) is 0 Å². The van der Waals surface area contributed by atoms with Gasteiger partial charge in [-0.25, -0.2) is 0 Å². The number of ether oxygens (including phenoxy) is 1. The Kier molecular flexibility index (Phi) is 5.46. The molecule has 2 aromatic carbocycles. The van der Waals surface area contributed by atoms with Crippen molar-refractivity contribution < 1.29 is 32.0 Å². The van der Waals surface area contributed by atoms with E-state index in [1.807, 2.05) is 0 Å². The summed E-state index contributed by atoms with van der Waals surface area (Å²) in [5.74, 6) is -0.674. The Morgan fingerprint density at radius 1 is 1.12 bits per heavy atom. The van der Waals surface area contributed by atoms with Gasteiger partial charge in [-0.3, -0.25) is 14.9 Å². The summed E-state index contributed by atoms with van der Waals surface area (Å²) in [7, 11) is 1.32. The van der Waals surface area contributed by atoms with Gasteiger partial charge in [-0.1, -0.05) is 18.2 Å². The minimum Gasteiger partial charge on any atom is -0.496 e. The van der Waals surface area contributed by atoms with Crippen LogP contribution in [0.25, 0.3) is 17.4 Å². The minimum atomic E-state index is -4.87. The molecule has 8 nitrogen and oxygen atoms in total. The normalized spacial score (nSPS) is 15.2. The second-order valence-corrected chi connectivity index (χ2v) is 6.80. The van der Waals surface area contributed by atoms with Crippen molar-refractivity contribution in [3.63, 3.8) is 0 Å². The molecule has 0 radical (unpaired) electrons. The van der Waals surface area contributed by atoms with Gasteiger partial charge >= 0.3 is 6.18 Å². The number of alkyl halides is 3. The Morgan fingerprint density at radius 2 is 1.85 bits per heavy atom. The Labute approximate surface area is 184 Å². The lowest BCUT2D eigenvalue weighted by Crippen LogP contribution is -2.25. The van der Waals surface area contributed by atoms with Crippen molar-refractivity contribution in [1.82, 2.24) is 0 Å². The molecule has 3 aromatic rings. The molecule has 1 aromatic heterocycles. The number of amides is 1. The van der Waals surface area contributed by atoms with Gasteiger partial charge in [-0.2, -0.15) is 23.3 Å². The number of nitro groups is 1. The van der Waals surface area contributed by atoms with E-state index in [0.717, 1.165) is 6.08 Å². The number of nitrogens with zero attached hydrogens (tertiary/aromatic N) is 3. The molecule has 0 N–H and O–H groups in total. The lowest BCUT2D eigenvalue weighted by atomic mass is 10.1. The van der Waals surface area contributed by atoms with Crippen molar-refractivity contribution >= 4 is 29.1 Å². The molecule has 168 valence electrons. The first kappa shape index (κ1) is 21.8. The summed E-state index contributed by atoms with van der Waals surface area (Å²) >= 11 is 0. The molecule has 0 spiro atoms. The van der Waals surface area contributed by atoms with E-state index in [2.05, 4.69) is 5.10 Å². The highest BCUT2D eigenvalue weighted by Gasteiger charge is 2.47. The largest absolute Gasteiger partial charge is 0.496 e. The Bertz CT molecular complexity index is 1300. The number of benzene rings is 2. The van der Waals surface area contributed by atoms with Gasteiger partial charge in [0.25, 0.3) is 11.6 Å². The average molecular weight is 457 g/mol. The van der Waals surface area contributed by atoms with Crippen LogP contribution in [0.5, 0.6) is 5.75 Å². The third-order valence-corrected chi connectivity index (χ3v) is 4.72. The Balaban J connectivity index is 1.72. The summed E-state index contributed by atoms with van der Waals surface area (Å²) < 4.78 is 51.6. The molecule has 0 saturated carbocycles. The first-order valence-corrected chi connectivity index (χ1v) is 9.39. The summed E-state index contributed by atoms with van der Waals surface area (Å²) in [6.07, 6.45) is -3.92. The fourth-order valence-corrected chi connectivity index (χ4v) is 3.21. The molecule has 1 aliphatic rings. The number of halogens is 3. The number of carbonyl (C=O) groups is 1. The predicted octanol–water partition coefficient (Wildman–Crippen LogP) is 5.21. The van der Waals surface area contributed by atoms with Crippen molar-refractivity contribution in [2.75, 3.05) is 12.1 Å². The average Bonchev–Trinajstić information content (AvgIpc) is 3.39. The molecule has 1 amide bonds. The fourth-order valence-electron chi connectivity index (χ4n) is 3.21. The molecule has 1 aliphatic heterocycles. The van der Waals surface area contributed by atoms with Gasteiger partial charge in [-0.15, -0.1) is 0 Å². The summed E-state index contributed by atoms with van der Waals surface area (Å²) in [6.45, 7) is 0. The number of carbonyl (C=O) groups excluding carboxylic acids is 1. The summed E-state index contributed by atoms with van der Waals surface area (Å²) in [5.41, 5.74) is -1.69. The SMILES string of the molecule is COc1cc([N+](=O)[O-])ccc1-c1ccc(C=C2C(=O)N(c3ccccc3)N=C2C(F)(F)F)o1. The van der Waals surface area contributed by atoms with Crippen LogP contribution in [-0.2, 0) is 4.79 Å². The van der Waals surface area contributed by atoms with Crippen molar-refractivity contribution in [1.29, 1.82) is 0 Å². The number of methoxy groups -OCH3 is 1. The van der Waals surface area contributed by atoms with Gasteiger partial charge in [0.05, 0.1) is 34.9 Å². The van der Waals surface area contributed by atoms with E-state index in [-0.39, 0.29) is 28.6 Å². The number of anilines is 1. The molecule has 0 saturated heterocycles. The van der Waals surface area contributed by atoms with Gasteiger partial charge in [-0.05, 0) is 36.4 Å². The van der Waals surface area contributed by atoms with E-state index in [9.17, 15) is 28.1 Å². The van der Waals surface area contributed by atoms with Crippen LogP contribution in [-0.4, -0.2) is 29.8 Å². The standard InChI is InChI=1S/C22H14F3N3O5/c1-32-19-11-14(28(30)31)7-9-16(19)18-10-8-15(33-18)12-17-20(22(23,24)25)26-27(21(17)29)13-5-3-2-4-6-13/h2-12H,1H3. The van der Waals surface area contributed by atoms with Crippen LogP contribution in [0.15, 0.2) is 75.8 Å². The first-order chi connectivity index (χ1) is 15.7. The number of nitro benzene ring substituents is 1. The molecule has 0 fully saturated rings. The zero-order valence-corrected chi connectivity index (χ0v) is 16.9. The van der Waals surface area contributed by atoms with Crippen molar-refractivity contribution in [2.24, 2.45) is 5.10 Å². The van der Waals surface area contributed by atoms with E-state index in [1.54, 1.807) is 18.2 Å². The molecule has 0 unspecified atom stereocenters. The van der Waals surface area contributed by atoms with Gasteiger partial charge < -0.3 is 9.15 Å². The Morgan fingerprint density at radius 3 is 2.48 bits per heavy atom. The first-order valence-electron chi connectivity index (χ1n) is 9.39. The van der Waals surface area contributed by atoms with Crippen LogP contribution in [0.4, 0.5) is 24.5 Å². The summed E-state index contributed by atoms with van der Waals surface area (Å²) in [5, 5.41) is 15.1. The van der Waals surface area contributed by atoms with Gasteiger partial charge in [0, 0.05) is 6.07 Å². The predicted molar refractivity (Wildman–Crippen MR) is 113 cm³/mol. The van der Waals surface area contributed by atoms with Gasteiger partial charge in [0.15, 0.2) is 5.71 Å². The van der Waals surface area contributed by atoms with Gasteiger partial charge in [0.1, 0.15) is 17.3 Å². The van der Waals surface area contributed by atoms with Crippen molar-refractivity contribution in [3.05, 3.63) is 82.1 Å². The van der Waals surface area contributed by atoms with Crippen molar-refractivity contribution in [3.8, 4) is 17.1 Å². The second kappa shape index (κ2) is 8.26. The molecular weight excluding hydrogens is 443 g/mol. The molecule has 0 atom stereocenters. The number of furan rings is 1. The molecule has 0 bridgehead atoms. The number of hydrogen-bond acceptors (Lipinski definition) is 6. The number of para-hydroxylation sites is 1. The fraction of sp³-hybridized carbons (Fsp3) is 0.0909. The van der Waals surface area contributed by atoms with E-state index in [1.165, 1.54) is 49.6 Å². The Hall–Kier alpha value is -4.41. The van der Waals surface area contributed by atoms with E-state index >= 15 is 0 Å². The number of rotatable bonds is 5. The lowest BCUT2D eigenvalue weighted by Gasteiger charge is -2.10. The van der Waals surface area contributed by atoms with E-state index < -0.39 is 28.3 Å². The van der Waals surface area contributed by atoms with E-state index in [0.29, 0.717) is 10.6 Å². The zero-order chi connectivity index (χ0) is 23.8. The smallest absolute Gasteiger partial charge is 0.435 e. The highest BCUT2D eigenvalue weighted by atomic mass is 19.4. The topological polar surface area (TPSA) is 98.2 Å². The second-order valence-electron chi connectivity index (χ2n) is 6.80. The maximum atomic E-state index is 13.6. The van der Waals surface area contributed by atoms with Crippen LogP contribution in [0.1, 0.15) is 5.76 Å². The number of non-ortho nitro benzene ring substituents is 1. The molecular formula is C22H14F3N3O5. The van der Waals surface area contributed by atoms with Crippen LogP contribution >= 0.6 is 0 Å². The third kappa shape index (κ3) is 4.20. The maximum absolute atomic E-state index is 13.6. The quantitative estimate of drug-likeness (QED) is 0.298. The van der Waals surface area contributed by atoms with Crippen LogP contribution in [0.3, 0.4) is 0 Å². The van der Waals surface area contributed by atoms with Crippen LogP contribution < -0.4 is 9.75 Å². The highest BCUT2D eigenvalue weighted by Crippen LogP contribution is 2.36. The molecule has 2 heterocycles. The van der Waals surface area contributed by atoms with Crippen molar-refractivity contribution in [2.45, 2.75) is 6.18 Å². The molecule has 0 aliphatic carbocycles. The molecule has 4 rings (SSSR count). The minimum absolute atomic E-state index is 0.0411. The summed E-state index contributed by atoms with van der Waals surface area (Å²) in [6, 6.07) is 14.4. The lowest BCUT2D eigenvalue weighted by molar-refractivity contribution is -0.384. The molecule has 33 heavy (non-hydrogen) atoms. The van der Waals surface area contributed by atoms with E-state index in [4.69, 9.17) is 9.15 Å². The zero-order valence-electron chi connectivity index (χ0n) is 16.9. The van der Waals surface area contributed by atoms with Crippen LogP contribution in [0, 0.1) is 10.1 Å². The third-order valence-electron chi connectivity index (χ3n) is 4.72. The monoisotopic (exact) mass is 457 g/mol. The van der Waals surface area contributed by atoms with Gasteiger partial charge in [0.2, 0.25) is 0 Å².